The van der Waals surface area contributed by atoms with Crippen molar-refractivity contribution in [2.24, 2.45) is 0 Å². The summed E-state index contributed by atoms with van der Waals surface area (Å²) in [6, 6.07) is 3.72. The van der Waals surface area contributed by atoms with Crippen LogP contribution in [0.25, 0.3) is 0 Å². The van der Waals surface area contributed by atoms with E-state index in [-0.39, 0.29) is 0 Å². The SMILES string of the molecule is C#Cc1cc(OCCCCCCCCCCCC)c(Br)cc1OC. The highest BCUT2D eigenvalue weighted by Crippen LogP contribution is 2.32. The molecule has 1 rings (SSSR count). The lowest BCUT2D eigenvalue weighted by molar-refractivity contribution is 0.301. The Morgan fingerprint density at radius 1 is 0.917 bits per heavy atom. The average molecular weight is 395 g/mol. The lowest BCUT2D eigenvalue weighted by Crippen LogP contribution is -1.99. The molecule has 0 amide bonds. The van der Waals surface area contributed by atoms with Crippen LogP contribution < -0.4 is 9.47 Å². The van der Waals surface area contributed by atoms with E-state index in [1.165, 1.54) is 57.8 Å². The third-order valence-corrected chi connectivity index (χ3v) is 4.78. The Balaban J connectivity index is 2.14. The summed E-state index contributed by atoms with van der Waals surface area (Å²) in [7, 11) is 1.62. The van der Waals surface area contributed by atoms with E-state index in [2.05, 4.69) is 28.8 Å². The average Bonchev–Trinajstić information content (AvgIpc) is 2.60. The van der Waals surface area contributed by atoms with Gasteiger partial charge in [0.05, 0.1) is 23.8 Å². The van der Waals surface area contributed by atoms with Crippen LogP contribution in [0.1, 0.15) is 76.7 Å². The van der Waals surface area contributed by atoms with Gasteiger partial charge in [-0.1, -0.05) is 70.6 Å². The maximum atomic E-state index is 5.85. The van der Waals surface area contributed by atoms with Gasteiger partial charge in [-0.25, -0.2) is 0 Å². The molecule has 0 saturated carbocycles. The summed E-state index contributed by atoms with van der Waals surface area (Å²) in [6.07, 6.45) is 18.8. The van der Waals surface area contributed by atoms with Gasteiger partial charge in [-0.2, -0.15) is 0 Å². The predicted molar refractivity (Wildman–Crippen MR) is 106 cm³/mol. The molecule has 0 aliphatic heterocycles. The van der Waals surface area contributed by atoms with E-state index in [0.717, 1.165) is 28.8 Å². The summed E-state index contributed by atoms with van der Waals surface area (Å²) in [5, 5.41) is 0. The molecule has 1 aromatic rings. The molecule has 0 N–H and O–H groups in total. The second kappa shape index (κ2) is 13.2. The largest absolute Gasteiger partial charge is 0.495 e. The van der Waals surface area contributed by atoms with Crippen LogP contribution in [-0.2, 0) is 0 Å². The summed E-state index contributed by atoms with van der Waals surface area (Å²) < 4.78 is 12.0. The number of terminal acetylenes is 1. The summed E-state index contributed by atoms with van der Waals surface area (Å²) in [5.74, 6) is 4.11. The van der Waals surface area contributed by atoms with Crippen LogP contribution in [0.5, 0.6) is 11.5 Å². The van der Waals surface area contributed by atoms with E-state index in [4.69, 9.17) is 15.9 Å². The highest BCUT2D eigenvalue weighted by atomic mass is 79.9. The molecule has 0 radical (unpaired) electrons. The third kappa shape index (κ3) is 8.11. The number of ether oxygens (including phenoxy) is 2. The molecular weight excluding hydrogens is 364 g/mol. The number of methoxy groups -OCH3 is 1. The zero-order chi connectivity index (χ0) is 17.6. The summed E-state index contributed by atoms with van der Waals surface area (Å²) >= 11 is 3.51. The zero-order valence-electron chi connectivity index (χ0n) is 15.2. The fraction of sp³-hybridized carbons (Fsp3) is 0.619. The standard InChI is InChI=1S/C21H31BrO2/c1-4-6-7-8-9-10-11-12-13-14-15-24-21-16-18(5-2)20(23-3)17-19(21)22/h2,16-17H,4,6-15H2,1,3H3. The fourth-order valence-electron chi connectivity index (χ4n) is 2.70. The van der Waals surface area contributed by atoms with Gasteiger partial charge < -0.3 is 9.47 Å². The quantitative estimate of drug-likeness (QED) is 0.272. The van der Waals surface area contributed by atoms with Crippen molar-refractivity contribution in [3.8, 4) is 23.8 Å². The topological polar surface area (TPSA) is 18.5 Å². The van der Waals surface area contributed by atoms with Gasteiger partial charge in [0.1, 0.15) is 11.5 Å². The highest BCUT2D eigenvalue weighted by molar-refractivity contribution is 9.10. The van der Waals surface area contributed by atoms with Gasteiger partial charge in [0.15, 0.2) is 0 Å². The lowest BCUT2D eigenvalue weighted by atomic mass is 10.1. The number of halogens is 1. The number of hydrogen-bond donors (Lipinski definition) is 0. The van der Waals surface area contributed by atoms with Crippen molar-refractivity contribution in [2.45, 2.75) is 71.1 Å². The molecular formula is C21H31BrO2. The number of benzene rings is 1. The zero-order valence-corrected chi connectivity index (χ0v) is 16.8. The smallest absolute Gasteiger partial charge is 0.135 e. The molecule has 3 heteroatoms. The van der Waals surface area contributed by atoms with Gasteiger partial charge >= 0.3 is 0 Å². The van der Waals surface area contributed by atoms with Crippen LogP contribution in [0, 0.1) is 12.3 Å². The second-order valence-corrected chi connectivity index (χ2v) is 7.01. The van der Waals surface area contributed by atoms with Crippen LogP contribution in [-0.4, -0.2) is 13.7 Å². The molecule has 0 aliphatic rings. The Bertz CT molecular complexity index is 505. The molecule has 24 heavy (non-hydrogen) atoms. The van der Waals surface area contributed by atoms with E-state index in [9.17, 15) is 0 Å². The van der Waals surface area contributed by atoms with Crippen LogP contribution in [0.15, 0.2) is 16.6 Å². The first-order valence-electron chi connectivity index (χ1n) is 9.19. The van der Waals surface area contributed by atoms with Gasteiger partial charge in [-0.05, 0) is 28.4 Å². The number of rotatable bonds is 13. The Labute approximate surface area is 156 Å². The summed E-state index contributed by atoms with van der Waals surface area (Å²) in [4.78, 5) is 0. The molecule has 0 atom stereocenters. The maximum Gasteiger partial charge on any atom is 0.135 e. The second-order valence-electron chi connectivity index (χ2n) is 6.16. The lowest BCUT2D eigenvalue weighted by Gasteiger charge is -2.11. The van der Waals surface area contributed by atoms with Crippen LogP contribution in [0.2, 0.25) is 0 Å². The molecule has 0 spiro atoms. The van der Waals surface area contributed by atoms with Gasteiger partial charge in [0.2, 0.25) is 0 Å². The van der Waals surface area contributed by atoms with E-state index in [0.29, 0.717) is 5.75 Å². The Kier molecular flexibility index (Phi) is 11.5. The first kappa shape index (κ1) is 20.9. The van der Waals surface area contributed by atoms with Crippen molar-refractivity contribution in [3.63, 3.8) is 0 Å². The number of unbranched alkanes of at least 4 members (excludes halogenated alkanes) is 9. The van der Waals surface area contributed by atoms with Crippen LogP contribution in [0.3, 0.4) is 0 Å². The molecule has 134 valence electrons. The predicted octanol–water partition coefficient (Wildman–Crippen LogP) is 6.74. The Morgan fingerprint density at radius 3 is 2.04 bits per heavy atom. The van der Waals surface area contributed by atoms with Crippen molar-refractivity contribution in [3.05, 3.63) is 22.2 Å². The van der Waals surface area contributed by atoms with E-state index >= 15 is 0 Å². The van der Waals surface area contributed by atoms with Crippen molar-refractivity contribution in [1.82, 2.24) is 0 Å². The van der Waals surface area contributed by atoms with Gasteiger partial charge in [0, 0.05) is 6.07 Å². The molecule has 0 unspecified atom stereocenters. The van der Waals surface area contributed by atoms with E-state index in [1.54, 1.807) is 7.11 Å². The van der Waals surface area contributed by atoms with Gasteiger partial charge in [0.25, 0.3) is 0 Å². The summed E-state index contributed by atoms with van der Waals surface area (Å²) in [5.41, 5.74) is 0.721. The molecule has 0 aliphatic carbocycles. The molecule has 0 fully saturated rings. The van der Waals surface area contributed by atoms with Crippen molar-refractivity contribution < 1.29 is 9.47 Å². The minimum atomic E-state index is 0.690. The molecule has 0 saturated heterocycles. The van der Waals surface area contributed by atoms with E-state index in [1.807, 2.05) is 12.1 Å². The molecule has 0 bridgehead atoms. The Hall–Kier alpha value is -1.14. The maximum absolute atomic E-state index is 5.85. The van der Waals surface area contributed by atoms with Crippen molar-refractivity contribution in [2.75, 3.05) is 13.7 Å². The fourth-order valence-corrected chi connectivity index (χ4v) is 3.14. The van der Waals surface area contributed by atoms with Crippen LogP contribution in [0.4, 0.5) is 0 Å². The minimum absolute atomic E-state index is 0.690. The van der Waals surface area contributed by atoms with Gasteiger partial charge in [-0.15, -0.1) is 6.42 Å². The van der Waals surface area contributed by atoms with Crippen molar-refractivity contribution in [1.29, 1.82) is 0 Å². The first-order chi connectivity index (χ1) is 11.7. The normalized spacial score (nSPS) is 10.4. The minimum Gasteiger partial charge on any atom is -0.495 e. The Morgan fingerprint density at radius 2 is 1.50 bits per heavy atom. The highest BCUT2D eigenvalue weighted by Gasteiger charge is 2.08. The molecule has 1 aromatic carbocycles. The number of hydrogen-bond acceptors (Lipinski definition) is 2. The molecule has 2 nitrogen and oxygen atoms in total. The monoisotopic (exact) mass is 394 g/mol. The third-order valence-electron chi connectivity index (χ3n) is 4.16. The van der Waals surface area contributed by atoms with Crippen molar-refractivity contribution >= 4 is 15.9 Å². The van der Waals surface area contributed by atoms with E-state index < -0.39 is 0 Å². The molecule has 0 heterocycles. The van der Waals surface area contributed by atoms with Crippen LogP contribution >= 0.6 is 15.9 Å². The summed E-state index contributed by atoms with van der Waals surface area (Å²) in [6.45, 7) is 2.99. The molecule has 0 aromatic heterocycles. The first-order valence-corrected chi connectivity index (χ1v) is 9.99. The van der Waals surface area contributed by atoms with Gasteiger partial charge in [-0.3, -0.25) is 0 Å².